The number of aliphatic carboxylic acids is 1. The molecule has 3 N–H and O–H groups in total. The van der Waals surface area contributed by atoms with Crippen molar-refractivity contribution < 1.29 is 19.8 Å². The summed E-state index contributed by atoms with van der Waals surface area (Å²) in [6.45, 7) is 5.72. The lowest BCUT2D eigenvalue weighted by molar-refractivity contribution is -0.162. The van der Waals surface area contributed by atoms with Crippen molar-refractivity contribution in [1.29, 1.82) is 0 Å². The normalized spacial score (nSPS) is 20.8. The van der Waals surface area contributed by atoms with E-state index in [4.69, 9.17) is 5.11 Å². The highest BCUT2D eigenvalue weighted by Gasteiger charge is 2.52. The van der Waals surface area contributed by atoms with Gasteiger partial charge < -0.3 is 20.4 Å². The van der Waals surface area contributed by atoms with Gasteiger partial charge >= 0.3 is 5.97 Å². The molecule has 0 bridgehead atoms. The summed E-state index contributed by atoms with van der Waals surface area (Å²) in [6, 6.07) is 8.70. The second kappa shape index (κ2) is 7.91. The Balaban J connectivity index is 0.000000346. The third-order valence-corrected chi connectivity index (χ3v) is 3.33. The molecule has 1 amide bonds. The standard InChI is InChI=1S/C11H11NO4.C5H13N/c13-9-11(16,10(14)15)6-7-12(9)8-4-2-1-3-5-8;1-5(2)4-6-3/h1-5,16H,6-7H2,(H,14,15);5-6H,4H2,1-3H3/t11-;/m0./s1. The fourth-order valence-corrected chi connectivity index (χ4v) is 2.17. The van der Waals surface area contributed by atoms with E-state index in [0.717, 1.165) is 12.5 Å². The SMILES string of the molecule is CNCC(C)C.O=C(O)[C@]1(O)CCN(c2ccccc2)C1=O. The van der Waals surface area contributed by atoms with Gasteiger partial charge in [-0.1, -0.05) is 32.0 Å². The summed E-state index contributed by atoms with van der Waals surface area (Å²) in [6.07, 6.45) is -0.0872. The number of rotatable bonds is 4. The molecule has 6 heteroatoms. The van der Waals surface area contributed by atoms with Crippen LogP contribution in [0.3, 0.4) is 0 Å². The maximum atomic E-state index is 11.8. The van der Waals surface area contributed by atoms with Crippen LogP contribution in [0.15, 0.2) is 30.3 Å². The van der Waals surface area contributed by atoms with Gasteiger partial charge in [-0.15, -0.1) is 0 Å². The summed E-state index contributed by atoms with van der Waals surface area (Å²) in [4.78, 5) is 23.9. The number of hydrogen-bond acceptors (Lipinski definition) is 4. The smallest absolute Gasteiger partial charge is 0.345 e. The minimum atomic E-state index is -2.27. The number of nitrogens with zero attached hydrogens (tertiary/aromatic N) is 1. The van der Waals surface area contributed by atoms with Crippen LogP contribution >= 0.6 is 0 Å². The van der Waals surface area contributed by atoms with Crippen LogP contribution in [0.2, 0.25) is 0 Å². The highest BCUT2D eigenvalue weighted by Crippen LogP contribution is 2.28. The van der Waals surface area contributed by atoms with E-state index < -0.39 is 17.5 Å². The first-order valence-corrected chi connectivity index (χ1v) is 7.30. The van der Waals surface area contributed by atoms with Gasteiger partial charge in [0.1, 0.15) is 0 Å². The maximum Gasteiger partial charge on any atom is 0.345 e. The predicted molar refractivity (Wildman–Crippen MR) is 84.8 cm³/mol. The molecule has 0 aromatic heterocycles. The minimum Gasteiger partial charge on any atom is -0.479 e. The average Bonchev–Trinajstić information content (AvgIpc) is 2.78. The van der Waals surface area contributed by atoms with Crippen molar-refractivity contribution in [2.75, 3.05) is 25.0 Å². The molecule has 0 radical (unpaired) electrons. The van der Waals surface area contributed by atoms with Crippen molar-refractivity contribution in [2.24, 2.45) is 5.92 Å². The van der Waals surface area contributed by atoms with Crippen LogP contribution in [-0.2, 0) is 9.59 Å². The molecule has 1 aliphatic rings. The Morgan fingerprint density at radius 2 is 1.95 bits per heavy atom. The van der Waals surface area contributed by atoms with Gasteiger partial charge in [-0.05, 0) is 31.6 Å². The Labute approximate surface area is 130 Å². The van der Waals surface area contributed by atoms with Crippen LogP contribution in [0.4, 0.5) is 5.69 Å². The molecule has 1 fully saturated rings. The largest absolute Gasteiger partial charge is 0.479 e. The monoisotopic (exact) mass is 308 g/mol. The van der Waals surface area contributed by atoms with E-state index in [1.54, 1.807) is 30.3 Å². The maximum absolute atomic E-state index is 11.8. The van der Waals surface area contributed by atoms with Gasteiger partial charge in [0.25, 0.3) is 5.91 Å². The summed E-state index contributed by atoms with van der Waals surface area (Å²) >= 11 is 0. The van der Waals surface area contributed by atoms with Gasteiger partial charge in [0.05, 0.1) is 0 Å². The fraction of sp³-hybridized carbons (Fsp3) is 0.500. The molecule has 6 nitrogen and oxygen atoms in total. The number of nitrogens with one attached hydrogen (secondary N) is 1. The van der Waals surface area contributed by atoms with Crippen molar-refractivity contribution in [3.63, 3.8) is 0 Å². The zero-order valence-electron chi connectivity index (χ0n) is 13.2. The van der Waals surface area contributed by atoms with E-state index in [1.807, 2.05) is 7.05 Å². The van der Waals surface area contributed by atoms with Crippen LogP contribution in [-0.4, -0.2) is 47.8 Å². The molecule has 1 aromatic carbocycles. The first-order chi connectivity index (χ1) is 10.3. The molecule has 0 saturated carbocycles. The topological polar surface area (TPSA) is 89.9 Å². The van der Waals surface area contributed by atoms with Crippen molar-refractivity contribution in [3.05, 3.63) is 30.3 Å². The molecule has 0 spiro atoms. The van der Waals surface area contributed by atoms with Crippen LogP contribution in [0.5, 0.6) is 0 Å². The summed E-state index contributed by atoms with van der Waals surface area (Å²) in [7, 11) is 1.97. The number of para-hydroxylation sites is 1. The number of hydrogen-bond donors (Lipinski definition) is 3. The number of carboxylic acids is 1. The third kappa shape index (κ3) is 4.29. The van der Waals surface area contributed by atoms with Crippen LogP contribution in [0.25, 0.3) is 0 Å². The summed E-state index contributed by atoms with van der Waals surface area (Å²) in [5, 5.41) is 21.6. The molecular weight excluding hydrogens is 284 g/mol. The zero-order valence-corrected chi connectivity index (χ0v) is 13.2. The number of anilines is 1. The van der Waals surface area contributed by atoms with Gasteiger partial charge in [-0.25, -0.2) is 4.79 Å². The lowest BCUT2D eigenvalue weighted by Gasteiger charge is -2.18. The second-order valence-corrected chi connectivity index (χ2v) is 5.66. The zero-order chi connectivity index (χ0) is 16.8. The van der Waals surface area contributed by atoms with E-state index in [2.05, 4.69) is 19.2 Å². The number of benzene rings is 1. The Bertz CT molecular complexity index is 504. The number of carbonyl (C=O) groups is 2. The minimum absolute atomic E-state index is 0.0872. The fourth-order valence-electron chi connectivity index (χ4n) is 2.17. The van der Waals surface area contributed by atoms with E-state index in [1.165, 1.54) is 4.90 Å². The van der Waals surface area contributed by atoms with E-state index >= 15 is 0 Å². The van der Waals surface area contributed by atoms with Crippen molar-refractivity contribution in [3.8, 4) is 0 Å². The average molecular weight is 308 g/mol. The highest BCUT2D eigenvalue weighted by molar-refractivity contribution is 6.14. The van der Waals surface area contributed by atoms with Gasteiger partial charge in [-0.2, -0.15) is 0 Å². The Hall–Kier alpha value is -1.92. The van der Waals surface area contributed by atoms with Crippen LogP contribution in [0, 0.1) is 5.92 Å². The van der Waals surface area contributed by atoms with Crippen molar-refractivity contribution in [2.45, 2.75) is 25.9 Å². The van der Waals surface area contributed by atoms with Crippen LogP contribution < -0.4 is 10.2 Å². The summed E-state index contributed by atoms with van der Waals surface area (Å²) in [5.74, 6) is -1.47. The van der Waals surface area contributed by atoms with Gasteiger partial charge in [0, 0.05) is 18.7 Å². The molecule has 0 unspecified atom stereocenters. The van der Waals surface area contributed by atoms with Gasteiger partial charge in [-0.3, -0.25) is 4.79 Å². The predicted octanol–water partition coefficient (Wildman–Crippen LogP) is 1.10. The molecule has 122 valence electrons. The van der Waals surface area contributed by atoms with E-state index in [-0.39, 0.29) is 13.0 Å². The molecule has 1 atom stereocenters. The lowest BCUT2D eigenvalue weighted by atomic mass is 10.0. The van der Waals surface area contributed by atoms with Crippen LogP contribution in [0.1, 0.15) is 20.3 Å². The first kappa shape index (κ1) is 18.1. The Kier molecular flexibility index (Phi) is 6.52. The molecular formula is C16H24N2O4. The lowest BCUT2D eigenvalue weighted by Crippen LogP contribution is -2.46. The molecule has 22 heavy (non-hydrogen) atoms. The number of aliphatic hydroxyl groups is 1. The third-order valence-electron chi connectivity index (χ3n) is 3.33. The number of carbonyl (C=O) groups excluding carboxylic acids is 1. The summed E-state index contributed by atoms with van der Waals surface area (Å²) in [5.41, 5.74) is -1.67. The van der Waals surface area contributed by atoms with E-state index in [0.29, 0.717) is 5.69 Å². The molecule has 0 aliphatic carbocycles. The van der Waals surface area contributed by atoms with Gasteiger partial charge in [0.15, 0.2) is 0 Å². The molecule has 1 saturated heterocycles. The summed E-state index contributed by atoms with van der Waals surface area (Å²) < 4.78 is 0. The second-order valence-electron chi connectivity index (χ2n) is 5.66. The van der Waals surface area contributed by atoms with Crippen molar-refractivity contribution in [1.82, 2.24) is 5.32 Å². The number of amides is 1. The number of carboxylic acid groups (broad SMARTS) is 1. The van der Waals surface area contributed by atoms with E-state index in [9.17, 15) is 14.7 Å². The molecule has 2 rings (SSSR count). The quantitative estimate of drug-likeness (QED) is 0.725. The first-order valence-electron chi connectivity index (χ1n) is 7.30. The molecule has 1 aliphatic heterocycles. The van der Waals surface area contributed by atoms with Crippen molar-refractivity contribution >= 4 is 17.6 Å². The molecule has 1 heterocycles. The highest BCUT2D eigenvalue weighted by atomic mass is 16.4. The van der Waals surface area contributed by atoms with Gasteiger partial charge in [0.2, 0.25) is 5.60 Å². The molecule has 1 aromatic rings. The Morgan fingerprint density at radius 1 is 1.36 bits per heavy atom. The Morgan fingerprint density at radius 3 is 2.32 bits per heavy atom.